The number of hydrogen-bond donors (Lipinski definition) is 0. The lowest BCUT2D eigenvalue weighted by Crippen LogP contribution is -2.38. The Bertz CT molecular complexity index is 212. The third kappa shape index (κ3) is 5.74. The van der Waals surface area contributed by atoms with Gasteiger partial charge >= 0.3 is 0 Å². The zero-order valence-corrected chi connectivity index (χ0v) is 11.3. The number of hydrogen-bond acceptors (Lipinski definition) is 0. The van der Waals surface area contributed by atoms with Crippen molar-refractivity contribution in [3.8, 4) is 24.7 Å². The second-order valence-electron chi connectivity index (χ2n) is 5.27. The fourth-order valence-corrected chi connectivity index (χ4v) is 14.4. The second kappa shape index (κ2) is 4.70. The summed E-state index contributed by atoms with van der Waals surface area (Å²) in [6.07, 6.45) is 10.7. The summed E-state index contributed by atoms with van der Waals surface area (Å²) < 4.78 is 0. The minimum Gasteiger partial charge on any atom is -0.120 e. The van der Waals surface area contributed by atoms with Crippen LogP contribution in [0.5, 0.6) is 0 Å². The van der Waals surface area contributed by atoms with Gasteiger partial charge in [0.15, 0.2) is 0 Å². The molecule has 0 saturated heterocycles. The lowest BCUT2D eigenvalue weighted by Gasteiger charge is -2.29. The van der Waals surface area contributed by atoms with Gasteiger partial charge in [-0.2, -0.15) is 0 Å². The molecule has 2 heteroatoms. The predicted molar refractivity (Wildman–Crippen MR) is 67.1 cm³/mol. The first-order valence-electron chi connectivity index (χ1n) is 4.70. The van der Waals surface area contributed by atoms with Crippen molar-refractivity contribution in [1.29, 1.82) is 0 Å². The Hall–Kier alpha value is -0.446. The van der Waals surface area contributed by atoms with Crippen LogP contribution in [0, 0.1) is 24.7 Å². The first-order valence-corrected chi connectivity index (χ1v) is 11.5. The summed E-state index contributed by atoms with van der Waals surface area (Å²) in [7, 11) is -2.29. The van der Waals surface area contributed by atoms with Crippen molar-refractivity contribution in [3.05, 3.63) is 0 Å². The van der Waals surface area contributed by atoms with Gasteiger partial charge in [0.05, 0.1) is 16.1 Å². The molecule has 72 valence electrons. The molecule has 0 amide bonds. The quantitative estimate of drug-likeness (QED) is 0.492. The van der Waals surface area contributed by atoms with Gasteiger partial charge in [0.2, 0.25) is 0 Å². The molecular weight excluding hydrogens is 188 g/mol. The molecule has 0 aliphatic carbocycles. The molecule has 0 heterocycles. The molecular formula is C11H20Si2. The van der Waals surface area contributed by atoms with Crippen molar-refractivity contribution in [2.75, 3.05) is 0 Å². The molecule has 0 unspecified atom stereocenters. The maximum absolute atomic E-state index is 5.37. The lowest BCUT2D eigenvalue weighted by molar-refractivity contribution is 1.42. The van der Waals surface area contributed by atoms with Crippen LogP contribution >= 0.6 is 0 Å². The van der Waals surface area contributed by atoms with E-state index in [4.69, 9.17) is 12.8 Å². The first-order chi connectivity index (χ1) is 5.83. The minimum absolute atomic E-state index is 0.994. The molecule has 0 bridgehead atoms. The molecule has 0 aromatic rings. The van der Waals surface area contributed by atoms with Crippen LogP contribution < -0.4 is 0 Å². The fraction of sp³-hybridized carbons (Fsp3) is 0.636. The Morgan fingerprint density at radius 1 is 0.846 bits per heavy atom. The molecule has 0 nitrogen and oxygen atoms in total. The Labute approximate surface area is 85.1 Å². The van der Waals surface area contributed by atoms with Gasteiger partial charge in [-0.05, 0) is 0 Å². The van der Waals surface area contributed by atoms with Gasteiger partial charge in [0, 0.05) is 12.1 Å². The van der Waals surface area contributed by atoms with E-state index in [1.165, 1.54) is 5.67 Å². The van der Waals surface area contributed by atoms with Crippen LogP contribution in [0.4, 0.5) is 0 Å². The average molecular weight is 208 g/mol. The molecule has 0 aliphatic rings. The zero-order chi connectivity index (χ0) is 10.5. The summed E-state index contributed by atoms with van der Waals surface area (Å²) in [5.74, 6) is 5.61. The highest BCUT2D eigenvalue weighted by molar-refractivity contribution is 6.95. The molecule has 0 aromatic carbocycles. The highest BCUT2D eigenvalue weighted by Gasteiger charge is 2.30. The van der Waals surface area contributed by atoms with Crippen molar-refractivity contribution < 1.29 is 0 Å². The van der Waals surface area contributed by atoms with Gasteiger partial charge in [-0.3, -0.25) is 0 Å². The van der Waals surface area contributed by atoms with E-state index in [2.05, 4.69) is 38.0 Å². The highest BCUT2D eigenvalue weighted by atomic mass is 28.4. The summed E-state index contributed by atoms with van der Waals surface area (Å²) in [4.78, 5) is 0. The van der Waals surface area contributed by atoms with E-state index in [-0.39, 0.29) is 0 Å². The van der Waals surface area contributed by atoms with E-state index in [1.807, 2.05) is 0 Å². The van der Waals surface area contributed by atoms with E-state index in [0.717, 1.165) is 12.1 Å². The molecule has 0 aliphatic heterocycles. The fourth-order valence-electron chi connectivity index (χ4n) is 1.97. The third-order valence-electron chi connectivity index (χ3n) is 2.12. The number of terminal acetylenes is 2. The van der Waals surface area contributed by atoms with E-state index >= 15 is 0 Å². The largest absolute Gasteiger partial charge is 0.120 e. The van der Waals surface area contributed by atoms with Crippen LogP contribution in [-0.2, 0) is 0 Å². The summed E-state index contributed by atoms with van der Waals surface area (Å²) in [6, 6.07) is 1.99. The van der Waals surface area contributed by atoms with Gasteiger partial charge in [-0.15, -0.1) is 24.7 Å². The lowest BCUT2D eigenvalue weighted by atomic mass is 10.8. The first kappa shape index (κ1) is 12.6. The van der Waals surface area contributed by atoms with E-state index in [1.54, 1.807) is 0 Å². The van der Waals surface area contributed by atoms with Crippen molar-refractivity contribution in [3.63, 3.8) is 0 Å². The predicted octanol–water partition coefficient (Wildman–Crippen LogP) is 3.21. The van der Waals surface area contributed by atoms with Gasteiger partial charge in [-0.1, -0.05) is 31.9 Å². The van der Waals surface area contributed by atoms with Crippen molar-refractivity contribution in [2.45, 2.75) is 43.9 Å². The van der Waals surface area contributed by atoms with Crippen molar-refractivity contribution in [1.82, 2.24) is 0 Å². The SMILES string of the molecule is C#CC[Si](C)(C)C[Si](C)(C)CC#C. The minimum atomic E-state index is -1.15. The normalized spacial score (nSPS) is 11.8. The van der Waals surface area contributed by atoms with Crippen molar-refractivity contribution >= 4 is 16.1 Å². The summed E-state index contributed by atoms with van der Waals surface area (Å²) >= 11 is 0. The third-order valence-corrected chi connectivity index (χ3v) is 12.1. The topological polar surface area (TPSA) is 0 Å². The van der Waals surface area contributed by atoms with Crippen molar-refractivity contribution in [2.24, 2.45) is 0 Å². The zero-order valence-electron chi connectivity index (χ0n) is 9.28. The molecule has 0 fully saturated rings. The molecule has 0 spiro atoms. The maximum Gasteiger partial charge on any atom is 0.0578 e. The average Bonchev–Trinajstić information content (AvgIpc) is 1.82. The Kier molecular flexibility index (Phi) is 4.53. The molecule has 0 rings (SSSR count). The molecule has 0 aromatic heterocycles. The van der Waals surface area contributed by atoms with Crippen LogP contribution in [0.2, 0.25) is 43.9 Å². The monoisotopic (exact) mass is 208 g/mol. The summed E-state index contributed by atoms with van der Waals surface area (Å²) in [5.41, 5.74) is 1.36. The van der Waals surface area contributed by atoms with E-state index in [9.17, 15) is 0 Å². The summed E-state index contributed by atoms with van der Waals surface area (Å²) in [6.45, 7) is 9.49. The van der Waals surface area contributed by atoms with Crippen LogP contribution in [0.3, 0.4) is 0 Å². The molecule has 13 heavy (non-hydrogen) atoms. The molecule has 0 radical (unpaired) electrons. The maximum atomic E-state index is 5.37. The molecule has 0 saturated carbocycles. The van der Waals surface area contributed by atoms with Crippen LogP contribution in [0.15, 0.2) is 0 Å². The van der Waals surface area contributed by atoms with Gasteiger partial charge in [-0.25, -0.2) is 0 Å². The molecule has 0 atom stereocenters. The van der Waals surface area contributed by atoms with Gasteiger partial charge in [0.25, 0.3) is 0 Å². The Morgan fingerprint density at radius 2 is 1.15 bits per heavy atom. The van der Waals surface area contributed by atoms with Gasteiger partial charge in [0.1, 0.15) is 0 Å². The standard InChI is InChI=1S/C11H20Si2/c1-7-9-12(3,4)11-13(5,6)10-8-2/h1-2H,9-11H2,3-6H3. The van der Waals surface area contributed by atoms with E-state index < -0.39 is 16.1 Å². The Balaban J connectivity index is 4.27. The molecule has 0 N–H and O–H groups in total. The second-order valence-corrected chi connectivity index (χ2v) is 16.0. The Morgan fingerprint density at radius 3 is 1.38 bits per heavy atom. The van der Waals surface area contributed by atoms with E-state index in [0.29, 0.717) is 0 Å². The number of rotatable bonds is 4. The highest BCUT2D eigenvalue weighted by Crippen LogP contribution is 2.25. The van der Waals surface area contributed by atoms with Crippen LogP contribution in [0.25, 0.3) is 0 Å². The van der Waals surface area contributed by atoms with Crippen LogP contribution in [0.1, 0.15) is 0 Å². The summed E-state index contributed by atoms with van der Waals surface area (Å²) in [5, 5.41) is 0. The van der Waals surface area contributed by atoms with Gasteiger partial charge < -0.3 is 0 Å². The van der Waals surface area contributed by atoms with Crippen LogP contribution in [-0.4, -0.2) is 16.1 Å². The smallest absolute Gasteiger partial charge is 0.0578 e.